The number of H-pyrrole nitrogens is 1. The molecule has 4 nitrogen and oxygen atoms in total. The van der Waals surface area contributed by atoms with Crippen molar-refractivity contribution >= 4 is 29.3 Å². The Hall–Kier alpha value is -1.52. The Labute approximate surface area is 149 Å². The quantitative estimate of drug-likeness (QED) is 0.857. The van der Waals surface area contributed by atoms with Crippen molar-refractivity contribution in [1.29, 1.82) is 0 Å². The van der Waals surface area contributed by atoms with Crippen LogP contribution in [0.5, 0.6) is 0 Å². The van der Waals surface area contributed by atoms with Crippen molar-refractivity contribution < 1.29 is 9.53 Å². The number of aryl methyl sites for hydroxylation is 2. The minimum Gasteiger partial charge on any atom is -0.461 e. The van der Waals surface area contributed by atoms with Gasteiger partial charge in [0.15, 0.2) is 0 Å². The molecule has 2 bridgehead atoms. The summed E-state index contributed by atoms with van der Waals surface area (Å²) < 4.78 is 5.76. The van der Waals surface area contributed by atoms with Crippen molar-refractivity contribution in [3.63, 3.8) is 0 Å². The minimum atomic E-state index is -0.189. The fourth-order valence-electron chi connectivity index (χ4n) is 4.23. The van der Waals surface area contributed by atoms with Crippen molar-refractivity contribution in [3.05, 3.63) is 35.0 Å². The van der Waals surface area contributed by atoms with Gasteiger partial charge in [-0.1, -0.05) is 6.07 Å². The first-order chi connectivity index (χ1) is 11.1. The molecule has 0 spiro atoms. The van der Waals surface area contributed by atoms with E-state index >= 15 is 0 Å². The Kier molecular flexibility index (Phi) is 4.63. The summed E-state index contributed by atoms with van der Waals surface area (Å²) in [5.41, 5.74) is 4.23. The first-order valence-electron chi connectivity index (χ1n) is 8.54. The molecule has 1 N–H and O–H groups in total. The van der Waals surface area contributed by atoms with Gasteiger partial charge in [-0.3, -0.25) is 0 Å². The third-order valence-electron chi connectivity index (χ3n) is 5.73. The number of hydrogen-bond donors (Lipinski definition) is 1. The van der Waals surface area contributed by atoms with E-state index in [1.54, 1.807) is 6.20 Å². The summed E-state index contributed by atoms with van der Waals surface area (Å²) in [5, 5.41) is 0.997. The van der Waals surface area contributed by atoms with Gasteiger partial charge in [-0.05, 0) is 69.9 Å². The highest BCUT2D eigenvalue weighted by Crippen LogP contribution is 2.40. The second-order valence-electron chi connectivity index (χ2n) is 7.37. The van der Waals surface area contributed by atoms with Crippen LogP contribution in [0.25, 0.3) is 10.9 Å². The number of aromatic amines is 1. The third-order valence-corrected chi connectivity index (χ3v) is 5.73. The van der Waals surface area contributed by atoms with Crippen molar-refractivity contribution in [2.24, 2.45) is 5.41 Å². The lowest BCUT2D eigenvalue weighted by Crippen LogP contribution is -2.50. The van der Waals surface area contributed by atoms with Gasteiger partial charge in [0.1, 0.15) is 0 Å². The fourth-order valence-corrected chi connectivity index (χ4v) is 4.23. The van der Waals surface area contributed by atoms with Crippen LogP contribution in [-0.4, -0.2) is 42.1 Å². The molecule has 24 heavy (non-hydrogen) atoms. The number of benzene rings is 1. The van der Waals surface area contributed by atoms with E-state index in [1.165, 1.54) is 5.56 Å². The van der Waals surface area contributed by atoms with Gasteiger partial charge in [-0.15, -0.1) is 12.4 Å². The van der Waals surface area contributed by atoms with Gasteiger partial charge in [-0.2, -0.15) is 0 Å². The van der Waals surface area contributed by atoms with Gasteiger partial charge in [0.25, 0.3) is 0 Å². The van der Waals surface area contributed by atoms with E-state index in [9.17, 15) is 4.79 Å². The molecular weight excluding hydrogens is 324 g/mol. The molecule has 1 aromatic heterocycles. The molecule has 2 aromatic rings. The van der Waals surface area contributed by atoms with Crippen LogP contribution in [0.4, 0.5) is 0 Å². The summed E-state index contributed by atoms with van der Waals surface area (Å²) in [6.45, 7) is 8.15. The molecule has 1 aromatic carbocycles. The van der Waals surface area contributed by atoms with E-state index in [0.29, 0.717) is 12.2 Å². The summed E-state index contributed by atoms with van der Waals surface area (Å²) >= 11 is 0. The topological polar surface area (TPSA) is 45.3 Å². The monoisotopic (exact) mass is 348 g/mol. The highest BCUT2D eigenvalue weighted by atomic mass is 35.5. The molecule has 0 amide bonds. The molecule has 4 heterocycles. The molecule has 3 saturated heterocycles. The molecule has 3 fully saturated rings. The second kappa shape index (κ2) is 6.41. The second-order valence-corrected chi connectivity index (χ2v) is 7.37. The normalized spacial score (nSPS) is 25.5. The zero-order valence-electron chi connectivity index (χ0n) is 14.4. The van der Waals surface area contributed by atoms with Gasteiger partial charge in [0.05, 0.1) is 12.2 Å². The van der Waals surface area contributed by atoms with E-state index < -0.39 is 0 Å². The number of rotatable bonds is 3. The number of hydrogen-bond acceptors (Lipinski definition) is 3. The molecule has 5 heteroatoms. The number of ether oxygens (including phenoxy) is 1. The largest absolute Gasteiger partial charge is 0.461 e. The lowest BCUT2D eigenvalue weighted by Gasteiger charge is -2.47. The van der Waals surface area contributed by atoms with Gasteiger partial charge < -0.3 is 14.6 Å². The smallest absolute Gasteiger partial charge is 0.340 e. The number of nitrogens with one attached hydrogen (secondary N) is 1. The van der Waals surface area contributed by atoms with Gasteiger partial charge in [0.2, 0.25) is 0 Å². The summed E-state index contributed by atoms with van der Waals surface area (Å²) in [6.07, 6.45) is 5.27. The summed E-state index contributed by atoms with van der Waals surface area (Å²) in [5.74, 6) is -0.189. The Morgan fingerprint density at radius 2 is 1.88 bits per heavy atom. The number of nitrogens with zero attached hydrogens (tertiary/aromatic N) is 1. The Morgan fingerprint density at radius 3 is 2.54 bits per heavy atom. The standard InChI is InChI=1S/C19H24N2O2.ClH/c1-13-9-14(2)17-15(11-20-16(17)10-13)18(22)23-12-19-3-6-21(7-4-19)8-5-19;/h9-11,20H,3-8,12H2,1-2H3;1H. The van der Waals surface area contributed by atoms with Crippen molar-refractivity contribution in [2.75, 3.05) is 26.2 Å². The fraction of sp³-hybridized carbons (Fsp3) is 0.526. The van der Waals surface area contributed by atoms with Crippen LogP contribution < -0.4 is 0 Å². The van der Waals surface area contributed by atoms with Crippen LogP contribution in [0.2, 0.25) is 0 Å². The average Bonchev–Trinajstić information content (AvgIpc) is 2.98. The maximum Gasteiger partial charge on any atom is 0.340 e. The number of halogens is 1. The number of esters is 1. The number of carbonyl (C=O) groups is 1. The predicted octanol–water partition coefficient (Wildman–Crippen LogP) is 3.85. The van der Waals surface area contributed by atoms with Crippen molar-refractivity contribution in [1.82, 2.24) is 9.88 Å². The van der Waals surface area contributed by atoms with E-state index in [1.807, 2.05) is 0 Å². The zero-order valence-corrected chi connectivity index (χ0v) is 15.2. The maximum atomic E-state index is 12.6. The van der Waals surface area contributed by atoms with Gasteiger partial charge in [-0.25, -0.2) is 4.79 Å². The molecule has 130 valence electrons. The predicted molar refractivity (Wildman–Crippen MR) is 98.0 cm³/mol. The van der Waals surface area contributed by atoms with Crippen molar-refractivity contribution in [2.45, 2.75) is 33.1 Å². The Morgan fingerprint density at radius 1 is 1.21 bits per heavy atom. The van der Waals surface area contributed by atoms with Crippen LogP contribution in [0, 0.1) is 19.3 Å². The molecule has 0 aliphatic carbocycles. The zero-order chi connectivity index (χ0) is 16.0. The molecule has 0 saturated carbocycles. The molecule has 3 aliphatic rings. The first-order valence-corrected chi connectivity index (χ1v) is 8.54. The van der Waals surface area contributed by atoms with Gasteiger partial charge >= 0.3 is 5.97 Å². The third kappa shape index (κ3) is 2.93. The van der Waals surface area contributed by atoms with Crippen LogP contribution >= 0.6 is 12.4 Å². The van der Waals surface area contributed by atoms with E-state index in [0.717, 1.165) is 55.4 Å². The van der Waals surface area contributed by atoms with Crippen LogP contribution in [0.3, 0.4) is 0 Å². The number of carbonyl (C=O) groups excluding carboxylic acids is 1. The molecule has 3 aliphatic heterocycles. The van der Waals surface area contributed by atoms with E-state index in [4.69, 9.17) is 4.74 Å². The Bertz CT molecular complexity index is 746. The average molecular weight is 349 g/mol. The summed E-state index contributed by atoms with van der Waals surface area (Å²) in [6, 6.07) is 4.19. The lowest BCUT2D eigenvalue weighted by atomic mass is 9.73. The number of fused-ring (bicyclic) bond motifs is 4. The molecule has 0 atom stereocenters. The van der Waals surface area contributed by atoms with Crippen LogP contribution in [-0.2, 0) is 4.74 Å². The number of piperidine rings is 3. The highest BCUT2D eigenvalue weighted by Gasteiger charge is 2.40. The first kappa shape index (κ1) is 17.3. The van der Waals surface area contributed by atoms with Crippen molar-refractivity contribution in [3.8, 4) is 0 Å². The lowest BCUT2D eigenvalue weighted by molar-refractivity contribution is -0.0304. The summed E-state index contributed by atoms with van der Waals surface area (Å²) in [7, 11) is 0. The molecule has 0 unspecified atom stereocenters. The van der Waals surface area contributed by atoms with Crippen LogP contribution in [0.15, 0.2) is 18.3 Å². The summed E-state index contributed by atoms with van der Waals surface area (Å²) in [4.78, 5) is 18.3. The maximum absolute atomic E-state index is 12.6. The van der Waals surface area contributed by atoms with E-state index in [2.05, 4.69) is 35.9 Å². The number of aromatic nitrogens is 1. The molecular formula is C19H25ClN2O2. The molecule has 5 rings (SSSR count). The minimum absolute atomic E-state index is 0. The SMILES string of the molecule is Cc1cc(C)c2c(C(=O)OCC34CCN(CC3)CC4)c[nH]c2c1.Cl. The van der Waals surface area contributed by atoms with Crippen LogP contribution in [0.1, 0.15) is 40.7 Å². The van der Waals surface area contributed by atoms with E-state index in [-0.39, 0.29) is 23.8 Å². The molecule has 0 radical (unpaired) electrons. The van der Waals surface area contributed by atoms with Gasteiger partial charge in [0, 0.05) is 22.5 Å². The highest BCUT2D eigenvalue weighted by molar-refractivity contribution is 6.05. The Balaban J connectivity index is 0.00000169.